The van der Waals surface area contributed by atoms with Crippen molar-refractivity contribution in [3.8, 4) is 5.75 Å². The highest BCUT2D eigenvalue weighted by atomic mass is 35.5. The summed E-state index contributed by atoms with van der Waals surface area (Å²) in [5.41, 5.74) is 7.24. The van der Waals surface area contributed by atoms with Crippen LogP contribution in [0.25, 0.3) is 6.08 Å². The van der Waals surface area contributed by atoms with E-state index in [1.807, 2.05) is 26.0 Å². The van der Waals surface area contributed by atoms with Crippen molar-refractivity contribution in [1.29, 1.82) is 0 Å². The molecule has 0 spiro atoms. The maximum atomic E-state index is 12.2. The van der Waals surface area contributed by atoms with Crippen LogP contribution in [-0.4, -0.2) is 24.6 Å². The van der Waals surface area contributed by atoms with E-state index >= 15 is 0 Å². The van der Waals surface area contributed by atoms with Crippen LogP contribution in [0.1, 0.15) is 32.3 Å². The topological polar surface area (TPSA) is 64.3 Å². The Morgan fingerprint density at radius 2 is 2.14 bits per heavy atom. The van der Waals surface area contributed by atoms with Crippen LogP contribution in [-0.2, 0) is 4.79 Å². The van der Waals surface area contributed by atoms with Gasteiger partial charge < -0.3 is 15.8 Å². The molecule has 4 nitrogen and oxygen atoms in total. The fraction of sp³-hybridized carbons (Fsp3) is 0.438. The van der Waals surface area contributed by atoms with Crippen LogP contribution in [0.5, 0.6) is 5.75 Å². The number of fused-ring (bicyclic) bond motifs is 1. The van der Waals surface area contributed by atoms with Crippen LogP contribution in [0, 0.1) is 0 Å². The van der Waals surface area contributed by atoms with Gasteiger partial charge in [0.1, 0.15) is 12.4 Å². The maximum Gasteiger partial charge on any atom is 0.250 e. The molecule has 0 aliphatic carbocycles. The number of halogens is 1. The Kier molecular flexibility index (Phi) is 4.91. The number of hydrogen-bond donors (Lipinski definition) is 2. The summed E-state index contributed by atoms with van der Waals surface area (Å²) in [7, 11) is 0. The second-order valence-electron chi connectivity index (χ2n) is 5.39. The molecule has 1 aromatic carbocycles. The molecular formula is C16H21ClN2O2. The van der Waals surface area contributed by atoms with Gasteiger partial charge in [-0.15, -0.1) is 0 Å². The zero-order valence-electron chi connectivity index (χ0n) is 12.4. The summed E-state index contributed by atoms with van der Waals surface area (Å²) in [4.78, 5) is 12.2. The summed E-state index contributed by atoms with van der Waals surface area (Å²) in [6.45, 7) is 4.77. The zero-order chi connectivity index (χ0) is 15.5. The fourth-order valence-electron chi connectivity index (χ4n) is 2.15. The Balaban J connectivity index is 2.07. The lowest BCUT2D eigenvalue weighted by atomic mass is 9.94. The number of ether oxygens (including phenoxy) is 1. The molecule has 114 valence electrons. The van der Waals surface area contributed by atoms with E-state index in [4.69, 9.17) is 22.1 Å². The molecule has 0 saturated heterocycles. The lowest BCUT2D eigenvalue weighted by molar-refractivity contribution is -0.118. The summed E-state index contributed by atoms with van der Waals surface area (Å²) in [6, 6.07) is 5.36. The summed E-state index contributed by atoms with van der Waals surface area (Å²) < 4.78 is 5.58. The van der Waals surface area contributed by atoms with Crippen LogP contribution in [0.15, 0.2) is 23.8 Å². The molecule has 0 bridgehead atoms. The van der Waals surface area contributed by atoms with Gasteiger partial charge in [0.05, 0.1) is 5.57 Å². The molecule has 1 heterocycles. The quantitative estimate of drug-likeness (QED) is 0.879. The maximum absolute atomic E-state index is 12.2. The van der Waals surface area contributed by atoms with E-state index in [2.05, 4.69) is 5.32 Å². The second-order valence-corrected chi connectivity index (χ2v) is 5.83. The van der Waals surface area contributed by atoms with E-state index in [-0.39, 0.29) is 18.1 Å². The predicted molar refractivity (Wildman–Crippen MR) is 85.4 cm³/mol. The molecule has 3 N–H and O–H groups in total. The monoisotopic (exact) mass is 308 g/mol. The van der Waals surface area contributed by atoms with Crippen molar-refractivity contribution in [2.24, 2.45) is 5.73 Å². The first-order chi connectivity index (χ1) is 9.97. The number of amides is 1. The van der Waals surface area contributed by atoms with E-state index in [0.29, 0.717) is 17.1 Å². The molecule has 0 unspecified atom stereocenters. The minimum atomic E-state index is -0.354. The van der Waals surface area contributed by atoms with Gasteiger partial charge >= 0.3 is 0 Å². The number of carbonyl (C=O) groups is 1. The molecule has 1 aromatic rings. The summed E-state index contributed by atoms with van der Waals surface area (Å²) in [6.07, 6.45) is 3.45. The number of nitrogens with one attached hydrogen (secondary N) is 1. The molecule has 21 heavy (non-hydrogen) atoms. The minimum absolute atomic E-state index is 0.141. The first-order valence-corrected chi connectivity index (χ1v) is 7.55. The SMILES string of the molecule is CCC(N)(CC)CNC(=O)C1=Cc2cc(Cl)ccc2OC1. The Morgan fingerprint density at radius 3 is 2.81 bits per heavy atom. The van der Waals surface area contributed by atoms with E-state index in [1.54, 1.807) is 12.1 Å². The van der Waals surface area contributed by atoms with Gasteiger partial charge in [0.15, 0.2) is 0 Å². The van der Waals surface area contributed by atoms with Crippen LogP contribution in [0.4, 0.5) is 0 Å². The van der Waals surface area contributed by atoms with Crippen LogP contribution in [0.2, 0.25) is 5.02 Å². The fourth-order valence-corrected chi connectivity index (χ4v) is 2.33. The highest BCUT2D eigenvalue weighted by molar-refractivity contribution is 6.30. The number of carbonyl (C=O) groups excluding carboxylic acids is 1. The van der Waals surface area contributed by atoms with Crippen molar-refractivity contribution in [3.05, 3.63) is 34.4 Å². The van der Waals surface area contributed by atoms with Gasteiger partial charge in [0, 0.05) is 22.7 Å². The van der Waals surface area contributed by atoms with Crippen LogP contribution >= 0.6 is 11.6 Å². The number of hydrogen-bond acceptors (Lipinski definition) is 3. The van der Waals surface area contributed by atoms with Crippen molar-refractivity contribution >= 4 is 23.6 Å². The molecule has 1 amide bonds. The van der Waals surface area contributed by atoms with E-state index < -0.39 is 0 Å². The summed E-state index contributed by atoms with van der Waals surface area (Å²) >= 11 is 5.96. The Labute approximate surface area is 130 Å². The average molecular weight is 309 g/mol. The standard InChI is InChI=1S/C16H21ClN2O2/c1-3-16(18,4-2)10-19-15(20)12-7-11-8-13(17)5-6-14(11)21-9-12/h5-8H,3-4,9-10,18H2,1-2H3,(H,19,20). The van der Waals surface area contributed by atoms with E-state index in [1.165, 1.54) is 0 Å². The Morgan fingerprint density at radius 1 is 1.43 bits per heavy atom. The molecule has 1 aliphatic rings. The predicted octanol–water partition coefficient (Wildman–Crippen LogP) is 2.75. The van der Waals surface area contributed by atoms with Crippen molar-refractivity contribution in [1.82, 2.24) is 5.32 Å². The van der Waals surface area contributed by atoms with Gasteiger partial charge in [-0.05, 0) is 37.1 Å². The van der Waals surface area contributed by atoms with Crippen molar-refractivity contribution in [2.45, 2.75) is 32.2 Å². The van der Waals surface area contributed by atoms with Gasteiger partial charge in [-0.1, -0.05) is 25.4 Å². The van der Waals surface area contributed by atoms with Gasteiger partial charge in [-0.25, -0.2) is 0 Å². The van der Waals surface area contributed by atoms with E-state index in [9.17, 15) is 4.79 Å². The smallest absolute Gasteiger partial charge is 0.250 e. The van der Waals surface area contributed by atoms with E-state index in [0.717, 1.165) is 24.2 Å². The van der Waals surface area contributed by atoms with Gasteiger partial charge in [-0.2, -0.15) is 0 Å². The highest BCUT2D eigenvalue weighted by Gasteiger charge is 2.23. The second kappa shape index (κ2) is 6.50. The van der Waals surface area contributed by atoms with Crippen LogP contribution in [0.3, 0.4) is 0 Å². The number of nitrogens with two attached hydrogens (primary N) is 1. The Bertz CT molecular complexity index is 565. The zero-order valence-corrected chi connectivity index (χ0v) is 13.2. The normalized spacial score (nSPS) is 14.0. The largest absolute Gasteiger partial charge is 0.488 e. The molecule has 2 rings (SSSR count). The highest BCUT2D eigenvalue weighted by Crippen LogP contribution is 2.29. The van der Waals surface area contributed by atoms with Crippen molar-refractivity contribution in [2.75, 3.05) is 13.2 Å². The third-order valence-electron chi connectivity index (χ3n) is 3.99. The summed E-state index contributed by atoms with van der Waals surface area (Å²) in [5.74, 6) is 0.601. The molecular weight excluding hydrogens is 288 g/mol. The first kappa shape index (κ1) is 15.9. The van der Waals surface area contributed by atoms with Crippen molar-refractivity contribution in [3.63, 3.8) is 0 Å². The first-order valence-electron chi connectivity index (χ1n) is 7.17. The van der Waals surface area contributed by atoms with Crippen molar-refractivity contribution < 1.29 is 9.53 Å². The third kappa shape index (κ3) is 3.77. The molecule has 0 aromatic heterocycles. The number of benzene rings is 1. The summed E-state index contributed by atoms with van der Waals surface area (Å²) in [5, 5.41) is 3.51. The Hall–Kier alpha value is -1.52. The molecule has 0 radical (unpaired) electrons. The molecule has 5 heteroatoms. The minimum Gasteiger partial charge on any atom is -0.488 e. The van der Waals surface area contributed by atoms with Crippen LogP contribution < -0.4 is 15.8 Å². The van der Waals surface area contributed by atoms with Gasteiger partial charge in [0.25, 0.3) is 5.91 Å². The average Bonchev–Trinajstić information content (AvgIpc) is 2.51. The molecule has 0 fully saturated rings. The molecule has 0 atom stereocenters. The molecule has 0 saturated carbocycles. The lowest BCUT2D eigenvalue weighted by Gasteiger charge is -2.27. The molecule has 1 aliphatic heterocycles. The van der Waals surface area contributed by atoms with Gasteiger partial charge in [-0.3, -0.25) is 4.79 Å². The number of rotatable bonds is 5. The lowest BCUT2D eigenvalue weighted by Crippen LogP contribution is -2.49. The third-order valence-corrected chi connectivity index (χ3v) is 4.22. The van der Waals surface area contributed by atoms with Gasteiger partial charge in [0.2, 0.25) is 0 Å².